The molecule has 1 amide bonds. The number of aromatic nitrogens is 1. The van der Waals surface area contributed by atoms with Gasteiger partial charge in [0.1, 0.15) is 5.69 Å². The van der Waals surface area contributed by atoms with Crippen molar-refractivity contribution >= 4 is 5.91 Å². The first-order valence-electron chi connectivity index (χ1n) is 4.42. The van der Waals surface area contributed by atoms with Crippen molar-refractivity contribution in [2.75, 3.05) is 0 Å². The van der Waals surface area contributed by atoms with Crippen LogP contribution in [0.3, 0.4) is 0 Å². The third-order valence-electron chi connectivity index (χ3n) is 2.14. The third kappa shape index (κ3) is 2.28. The van der Waals surface area contributed by atoms with E-state index in [9.17, 15) is 4.79 Å². The molecule has 0 aliphatic rings. The highest BCUT2D eigenvalue weighted by molar-refractivity contribution is 5.90. The Bertz CT molecular complexity index is 310. The van der Waals surface area contributed by atoms with Gasteiger partial charge in [-0.1, -0.05) is 19.9 Å². The molecule has 0 saturated carbocycles. The van der Waals surface area contributed by atoms with Crippen LogP contribution >= 0.6 is 0 Å². The molecule has 0 radical (unpaired) electrons. The lowest BCUT2D eigenvalue weighted by atomic mass is 10.0. The molecular weight excluding hydrogens is 164 g/mol. The number of pyridine rings is 1. The number of amides is 1. The van der Waals surface area contributed by atoms with Crippen molar-refractivity contribution in [1.82, 2.24) is 4.98 Å². The molecule has 0 aliphatic carbocycles. The smallest absolute Gasteiger partial charge is 0.267 e. The van der Waals surface area contributed by atoms with Crippen molar-refractivity contribution in [3.63, 3.8) is 0 Å². The fourth-order valence-corrected chi connectivity index (χ4v) is 1.07. The van der Waals surface area contributed by atoms with E-state index in [1.165, 1.54) is 0 Å². The molecule has 1 atom stereocenters. The van der Waals surface area contributed by atoms with Crippen molar-refractivity contribution in [2.24, 2.45) is 5.73 Å². The number of nitrogens with zero attached hydrogens (tertiary/aromatic N) is 1. The summed E-state index contributed by atoms with van der Waals surface area (Å²) in [6, 6.07) is 5.36. The lowest BCUT2D eigenvalue weighted by Gasteiger charge is -2.07. The molecular formula is C10H14N2O. The minimum Gasteiger partial charge on any atom is -0.364 e. The Morgan fingerprint density at radius 1 is 1.62 bits per heavy atom. The fraction of sp³-hybridized carbons (Fsp3) is 0.400. The van der Waals surface area contributed by atoms with E-state index in [-0.39, 0.29) is 0 Å². The Balaban J connectivity index is 2.98. The van der Waals surface area contributed by atoms with Crippen molar-refractivity contribution < 1.29 is 4.79 Å². The molecule has 2 N–H and O–H groups in total. The van der Waals surface area contributed by atoms with Crippen molar-refractivity contribution in [3.8, 4) is 0 Å². The zero-order valence-corrected chi connectivity index (χ0v) is 7.95. The van der Waals surface area contributed by atoms with Gasteiger partial charge in [-0.3, -0.25) is 4.79 Å². The van der Waals surface area contributed by atoms with Crippen LogP contribution in [0.5, 0.6) is 0 Å². The molecule has 0 saturated heterocycles. The minimum absolute atomic E-state index is 0.345. The number of carbonyl (C=O) groups is 1. The molecule has 0 aliphatic heterocycles. The molecule has 0 bridgehead atoms. The molecule has 13 heavy (non-hydrogen) atoms. The molecule has 1 rings (SSSR count). The lowest BCUT2D eigenvalue weighted by molar-refractivity contribution is 0.0995. The SMILES string of the molecule is CCC(C)c1cccc(C(N)=O)n1. The molecule has 3 heteroatoms. The van der Waals surface area contributed by atoms with Crippen LogP contribution in [0.2, 0.25) is 0 Å². The minimum atomic E-state index is -0.467. The maximum absolute atomic E-state index is 10.8. The molecule has 70 valence electrons. The number of carbonyl (C=O) groups excluding carboxylic acids is 1. The molecule has 1 heterocycles. The maximum Gasteiger partial charge on any atom is 0.267 e. The van der Waals surface area contributed by atoms with Crippen LogP contribution in [0.4, 0.5) is 0 Å². The van der Waals surface area contributed by atoms with E-state index in [1.54, 1.807) is 6.07 Å². The zero-order valence-electron chi connectivity index (χ0n) is 7.95. The molecule has 0 spiro atoms. The summed E-state index contributed by atoms with van der Waals surface area (Å²) in [5, 5.41) is 0. The topological polar surface area (TPSA) is 56.0 Å². The number of hydrogen-bond acceptors (Lipinski definition) is 2. The average Bonchev–Trinajstić information content (AvgIpc) is 2.17. The van der Waals surface area contributed by atoms with Gasteiger partial charge in [0, 0.05) is 5.69 Å². The summed E-state index contributed by atoms with van der Waals surface area (Å²) < 4.78 is 0. The van der Waals surface area contributed by atoms with Gasteiger partial charge < -0.3 is 5.73 Å². The van der Waals surface area contributed by atoms with Crippen molar-refractivity contribution in [1.29, 1.82) is 0 Å². The van der Waals surface area contributed by atoms with Gasteiger partial charge in [-0.15, -0.1) is 0 Å². The predicted molar refractivity (Wildman–Crippen MR) is 51.5 cm³/mol. The Morgan fingerprint density at radius 3 is 2.85 bits per heavy atom. The summed E-state index contributed by atoms with van der Waals surface area (Å²) in [7, 11) is 0. The van der Waals surface area contributed by atoms with Crippen LogP contribution in [0.25, 0.3) is 0 Å². The summed E-state index contributed by atoms with van der Waals surface area (Å²) in [5.41, 5.74) is 6.40. The van der Waals surface area contributed by atoms with E-state index in [0.29, 0.717) is 11.6 Å². The average molecular weight is 178 g/mol. The Kier molecular flexibility index (Phi) is 3.01. The molecule has 0 aromatic carbocycles. The fourth-order valence-electron chi connectivity index (χ4n) is 1.07. The van der Waals surface area contributed by atoms with E-state index in [2.05, 4.69) is 18.8 Å². The lowest BCUT2D eigenvalue weighted by Crippen LogP contribution is -2.14. The van der Waals surface area contributed by atoms with Gasteiger partial charge in [-0.25, -0.2) is 4.98 Å². The maximum atomic E-state index is 10.8. The van der Waals surface area contributed by atoms with Crippen LogP contribution in [-0.4, -0.2) is 10.9 Å². The molecule has 1 aromatic heterocycles. The van der Waals surface area contributed by atoms with Crippen LogP contribution in [-0.2, 0) is 0 Å². The summed E-state index contributed by atoms with van der Waals surface area (Å²) in [4.78, 5) is 15.0. The van der Waals surface area contributed by atoms with Gasteiger partial charge in [-0.2, -0.15) is 0 Å². The zero-order chi connectivity index (χ0) is 9.84. The summed E-state index contributed by atoms with van der Waals surface area (Å²) in [5.74, 6) is -0.0931. The van der Waals surface area contributed by atoms with E-state index in [4.69, 9.17) is 5.73 Å². The van der Waals surface area contributed by atoms with Crippen LogP contribution in [0, 0.1) is 0 Å². The van der Waals surface area contributed by atoms with E-state index in [0.717, 1.165) is 12.1 Å². The van der Waals surface area contributed by atoms with Gasteiger partial charge in [0.15, 0.2) is 0 Å². The first-order chi connectivity index (χ1) is 6.15. The largest absolute Gasteiger partial charge is 0.364 e. The highest BCUT2D eigenvalue weighted by Crippen LogP contribution is 2.15. The second-order valence-corrected chi connectivity index (χ2v) is 3.12. The van der Waals surface area contributed by atoms with Crippen LogP contribution in [0.1, 0.15) is 42.4 Å². The van der Waals surface area contributed by atoms with Crippen molar-refractivity contribution in [2.45, 2.75) is 26.2 Å². The number of hydrogen-bond donors (Lipinski definition) is 1. The highest BCUT2D eigenvalue weighted by Gasteiger charge is 2.07. The number of nitrogens with two attached hydrogens (primary N) is 1. The molecule has 1 unspecified atom stereocenters. The quantitative estimate of drug-likeness (QED) is 0.765. The highest BCUT2D eigenvalue weighted by atomic mass is 16.1. The summed E-state index contributed by atoms with van der Waals surface area (Å²) in [6.45, 7) is 4.16. The first kappa shape index (κ1) is 9.71. The van der Waals surface area contributed by atoms with Gasteiger partial charge in [0.2, 0.25) is 0 Å². The third-order valence-corrected chi connectivity index (χ3v) is 2.14. The van der Waals surface area contributed by atoms with E-state index >= 15 is 0 Å². The summed E-state index contributed by atoms with van der Waals surface area (Å²) >= 11 is 0. The number of primary amides is 1. The second-order valence-electron chi connectivity index (χ2n) is 3.12. The van der Waals surface area contributed by atoms with Crippen LogP contribution < -0.4 is 5.73 Å². The van der Waals surface area contributed by atoms with E-state index < -0.39 is 5.91 Å². The normalized spacial score (nSPS) is 12.5. The van der Waals surface area contributed by atoms with Gasteiger partial charge in [0.25, 0.3) is 5.91 Å². The number of rotatable bonds is 3. The molecule has 1 aromatic rings. The summed E-state index contributed by atoms with van der Waals surface area (Å²) in [6.07, 6.45) is 1.01. The first-order valence-corrected chi connectivity index (χ1v) is 4.42. The van der Waals surface area contributed by atoms with E-state index in [1.807, 2.05) is 12.1 Å². The van der Waals surface area contributed by atoms with Gasteiger partial charge >= 0.3 is 0 Å². The Hall–Kier alpha value is -1.38. The Labute approximate surface area is 78.0 Å². The van der Waals surface area contributed by atoms with Crippen LogP contribution in [0.15, 0.2) is 18.2 Å². The second kappa shape index (κ2) is 4.03. The Morgan fingerprint density at radius 2 is 2.31 bits per heavy atom. The monoisotopic (exact) mass is 178 g/mol. The standard InChI is InChI=1S/C10H14N2O/c1-3-7(2)8-5-4-6-9(12-8)10(11)13/h4-7H,3H2,1-2H3,(H2,11,13). The predicted octanol–water partition coefficient (Wildman–Crippen LogP) is 1.69. The van der Waals surface area contributed by atoms with Gasteiger partial charge in [0.05, 0.1) is 0 Å². The van der Waals surface area contributed by atoms with Crippen molar-refractivity contribution in [3.05, 3.63) is 29.6 Å². The van der Waals surface area contributed by atoms with Gasteiger partial charge in [-0.05, 0) is 24.5 Å². The molecule has 3 nitrogen and oxygen atoms in total. The molecule has 0 fully saturated rings.